The Morgan fingerprint density at radius 1 is 1.13 bits per heavy atom. The van der Waals surface area contributed by atoms with Gasteiger partial charge in [0.2, 0.25) is 5.95 Å². The van der Waals surface area contributed by atoms with Crippen molar-refractivity contribution in [3.63, 3.8) is 0 Å². The summed E-state index contributed by atoms with van der Waals surface area (Å²) >= 11 is 2.43. The van der Waals surface area contributed by atoms with Crippen LogP contribution in [0.3, 0.4) is 0 Å². The van der Waals surface area contributed by atoms with Crippen molar-refractivity contribution in [2.45, 2.75) is 0 Å². The summed E-state index contributed by atoms with van der Waals surface area (Å²) in [4.78, 5) is 13.3. The predicted octanol–water partition coefficient (Wildman–Crippen LogP) is 1.03. The van der Waals surface area contributed by atoms with Crippen molar-refractivity contribution >= 4 is 28.5 Å². The number of aromatic nitrogens is 2. The zero-order valence-electron chi connectivity index (χ0n) is 8.64. The van der Waals surface area contributed by atoms with Crippen LogP contribution in [0.15, 0.2) is 18.5 Å². The summed E-state index contributed by atoms with van der Waals surface area (Å²) in [5.41, 5.74) is 0. The smallest absolute Gasteiger partial charge is 0.225 e. The average molecular weight is 318 g/mol. The van der Waals surface area contributed by atoms with E-state index < -0.39 is 0 Å². The Bertz CT molecular complexity index is 285. The van der Waals surface area contributed by atoms with Crippen LogP contribution in [0.25, 0.3) is 0 Å². The molecule has 1 aliphatic heterocycles. The monoisotopic (exact) mass is 318 g/mol. The van der Waals surface area contributed by atoms with Crippen LogP contribution in [0.1, 0.15) is 0 Å². The third-order valence-electron chi connectivity index (χ3n) is 2.61. The van der Waals surface area contributed by atoms with E-state index in [0.29, 0.717) is 0 Å². The molecule has 0 spiro atoms. The van der Waals surface area contributed by atoms with Crippen molar-refractivity contribution in [2.24, 2.45) is 0 Å². The van der Waals surface area contributed by atoms with Gasteiger partial charge in [-0.25, -0.2) is 9.97 Å². The summed E-state index contributed by atoms with van der Waals surface area (Å²) < 4.78 is 1.21. The van der Waals surface area contributed by atoms with Crippen molar-refractivity contribution < 1.29 is 0 Å². The molecule has 0 saturated carbocycles. The van der Waals surface area contributed by atoms with Crippen molar-refractivity contribution in [1.29, 1.82) is 0 Å². The predicted molar refractivity (Wildman–Crippen MR) is 69.6 cm³/mol. The van der Waals surface area contributed by atoms with Crippen LogP contribution in [0.4, 0.5) is 5.95 Å². The first kappa shape index (κ1) is 11.1. The van der Waals surface area contributed by atoms with Crippen LogP contribution in [0, 0.1) is 0 Å². The van der Waals surface area contributed by atoms with Gasteiger partial charge in [0.15, 0.2) is 0 Å². The highest BCUT2D eigenvalue weighted by Gasteiger charge is 2.17. The first-order valence-electron chi connectivity index (χ1n) is 5.20. The molecule has 4 nitrogen and oxygen atoms in total. The molecule has 1 aromatic heterocycles. The first-order chi connectivity index (χ1) is 7.40. The molecule has 1 fully saturated rings. The molecular weight excluding hydrogens is 303 g/mol. The molecule has 15 heavy (non-hydrogen) atoms. The van der Waals surface area contributed by atoms with Gasteiger partial charge in [-0.05, 0) is 6.07 Å². The van der Waals surface area contributed by atoms with Gasteiger partial charge in [0.25, 0.3) is 0 Å². The normalized spacial score (nSPS) is 18.1. The maximum atomic E-state index is 4.27. The van der Waals surface area contributed by atoms with Crippen molar-refractivity contribution in [1.82, 2.24) is 14.9 Å². The fourth-order valence-corrected chi connectivity index (χ4v) is 2.43. The molecule has 0 aromatic carbocycles. The molecule has 1 aliphatic rings. The SMILES string of the molecule is ICCN1CCN(c2ncccn2)CC1. The molecule has 2 rings (SSSR count). The largest absolute Gasteiger partial charge is 0.338 e. The molecule has 0 amide bonds. The van der Waals surface area contributed by atoms with Crippen molar-refractivity contribution in [3.8, 4) is 0 Å². The Balaban J connectivity index is 1.88. The van der Waals surface area contributed by atoms with Gasteiger partial charge in [-0.3, -0.25) is 4.90 Å². The van der Waals surface area contributed by atoms with E-state index in [0.717, 1.165) is 32.1 Å². The summed E-state index contributed by atoms with van der Waals surface area (Å²) in [6.07, 6.45) is 3.61. The van der Waals surface area contributed by atoms with Gasteiger partial charge in [0.05, 0.1) is 0 Å². The lowest BCUT2D eigenvalue weighted by Gasteiger charge is -2.34. The van der Waals surface area contributed by atoms with Crippen LogP contribution < -0.4 is 4.90 Å². The maximum absolute atomic E-state index is 4.27. The van der Waals surface area contributed by atoms with Gasteiger partial charge in [0, 0.05) is 49.5 Å². The lowest BCUT2D eigenvalue weighted by atomic mass is 10.3. The molecule has 0 aliphatic carbocycles. The molecule has 0 unspecified atom stereocenters. The van der Waals surface area contributed by atoms with Crippen LogP contribution in [0.2, 0.25) is 0 Å². The molecule has 5 heteroatoms. The molecule has 2 heterocycles. The summed E-state index contributed by atoms with van der Waals surface area (Å²) in [5, 5.41) is 0. The lowest BCUT2D eigenvalue weighted by Crippen LogP contribution is -2.47. The molecule has 0 radical (unpaired) electrons. The van der Waals surface area contributed by atoms with Crippen LogP contribution >= 0.6 is 22.6 Å². The van der Waals surface area contributed by atoms with E-state index in [1.807, 2.05) is 6.07 Å². The highest BCUT2D eigenvalue weighted by Crippen LogP contribution is 2.09. The topological polar surface area (TPSA) is 32.3 Å². The van der Waals surface area contributed by atoms with Gasteiger partial charge < -0.3 is 4.90 Å². The van der Waals surface area contributed by atoms with E-state index in [4.69, 9.17) is 0 Å². The molecule has 0 atom stereocenters. The maximum Gasteiger partial charge on any atom is 0.225 e. The molecule has 0 N–H and O–H groups in total. The number of rotatable bonds is 3. The summed E-state index contributed by atoms with van der Waals surface area (Å²) in [6, 6.07) is 1.86. The minimum absolute atomic E-state index is 0.867. The Labute approximate surface area is 104 Å². The summed E-state index contributed by atoms with van der Waals surface area (Å²) in [6.45, 7) is 5.54. The summed E-state index contributed by atoms with van der Waals surface area (Å²) in [7, 11) is 0. The number of nitrogens with zero attached hydrogens (tertiary/aromatic N) is 4. The zero-order chi connectivity index (χ0) is 10.5. The standard InChI is InChI=1S/C10H15IN4/c11-2-5-14-6-8-15(9-7-14)10-12-3-1-4-13-10/h1,3-4H,2,5-9H2. The minimum atomic E-state index is 0.867. The van der Waals surface area contributed by atoms with Crippen LogP contribution in [0.5, 0.6) is 0 Å². The van der Waals surface area contributed by atoms with Gasteiger partial charge in [-0.2, -0.15) is 0 Å². The second-order valence-corrected chi connectivity index (χ2v) is 4.65. The second-order valence-electron chi connectivity index (χ2n) is 3.57. The highest BCUT2D eigenvalue weighted by atomic mass is 127. The van der Waals surface area contributed by atoms with E-state index in [2.05, 4.69) is 42.4 Å². The van der Waals surface area contributed by atoms with Crippen LogP contribution in [-0.4, -0.2) is 52.0 Å². The molecular formula is C10H15IN4. The third kappa shape index (κ3) is 3.01. The third-order valence-corrected chi connectivity index (χ3v) is 3.09. The fourth-order valence-electron chi connectivity index (χ4n) is 1.75. The van der Waals surface area contributed by atoms with E-state index in [1.54, 1.807) is 12.4 Å². The van der Waals surface area contributed by atoms with Gasteiger partial charge in [-0.1, -0.05) is 22.6 Å². The Morgan fingerprint density at radius 2 is 1.80 bits per heavy atom. The molecule has 1 aromatic rings. The van der Waals surface area contributed by atoms with Crippen molar-refractivity contribution in [3.05, 3.63) is 18.5 Å². The Morgan fingerprint density at radius 3 is 2.40 bits per heavy atom. The lowest BCUT2D eigenvalue weighted by molar-refractivity contribution is 0.273. The van der Waals surface area contributed by atoms with Gasteiger partial charge in [0.1, 0.15) is 0 Å². The highest BCUT2D eigenvalue weighted by molar-refractivity contribution is 14.1. The second kappa shape index (κ2) is 5.60. The minimum Gasteiger partial charge on any atom is -0.338 e. The fraction of sp³-hybridized carbons (Fsp3) is 0.600. The number of piperazine rings is 1. The molecule has 82 valence electrons. The van der Waals surface area contributed by atoms with E-state index >= 15 is 0 Å². The zero-order valence-corrected chi connectivity index (χ0v) is 10.8. The number of hydrogen-bond donors (Lipinski definition) is 0. The Hall–Kier alpha value is -0.430. The van der Waals surface area contributed by atoms with Crippen LogP contribution in [-0.2, 0) is 0 Å². The molecule has 0 bridgehead atoms. The van der Waals surface area contributed by atoms with E-state index in [9.17, 15) is 0 Å². The van der Waals surface area contributed by atoms with Gasteiger partial charge >= 0.3 is 0 Å². The molecule has 1 saturated heterocycles. The number of anilines is 1. The quantitative estimate of drug-likeness (QED) is 0.616. The average Bonchev–Trinajstić information content (AvgIpc) is 2.32. The van der Waals surface area contributed by atoms with Crippen molar-refractivity contribution in [2.75, 3.05) is 42.1 Å². The van der Waals surface area contributed by atoms with Gasteiger partial charge in [-0.15, -0.1) is 0 Å². The van der Waals surface area contributed by atoms with E-state index in [-0.39, 0.29) is 0 Å². The first-order valence-corrected chi connectivity index (χ1v) is 6.73. The number of hydrogen-bond acceptors (Lipinski definition) is 4. The van der Waals surface area contributed by atoms with E-state index in [1.165, 1.54) is 11.0 Å². The number of halogens is 1. The summed E-state index contributed by atoms with van der Waals surface area (Å²) in [5.74, 6) is 0.867. The Kier molecular flexibility index (Phi) is 4.13. The number of alkyl halides is 1.